The fraction of sp³-hybridized carbons (Fsp3) is 0.308. The molecular weight excluding hydrogens is 492 g/mol. The number of benzene rings is 1. The third-order valence-corrected chi connectivity index (χ3v) is 7.66. The first-order valence-electron chi connectivity index (χ1n) is 11.5. The molecule has 0 amide bonds. The van der Waals surface area contributed by atoms with Crippen molar-refractivity contribution in [1.29, 1.82) is 0 Å². The fourth-order valence-electron chi connectivity index (χ4n) is 3.62. The van der Waals surface area contributed by atoms with Gasteiger partial charge in [-0.25, -0.2) is 18.4 Å². The van der Waals surface area contributed by atoms with E-state index in [2.05, 4.69) is 38.0 Å². The molecule has 1 N–H and O–H groups in total. The van der Waals surface area contributed by atoms with Crippen molar-refractivity contribution in [2.24, 2.45) is 0 Å². The van der Waals surface area contributed by atoms with Crippen LogP contribution < -0.4 is 14.2 Å². The molecule has 0 saturated heterocycles. The molecule has 3 aromatic rings. The topological polar surface area (TPSA) is 121 Å². The Morgan fingerprint density at radius 3 is 2.22 bits per heavy atom. The highest BCUT2D eigenvalue weighted by Gasteiger charge is 2.32. The number of methoxy groups -OCH3 is 2. The quantitative estimate of drug-likeness (QED) is 0.365. The lowest BCUT2D eigenvalue weighted by atomic mass is 10.1. The molecule has 0 aliphatic rings. The first kappa shape index (κ1) is 27.6. The summed E-state index contributed by atoms with van der Waals surface area (Å²) in [4.78, 5) is 8.60. The number of aromatic nitrogens is 5. The summed E-state index contributed by atoms with van der Waals surface area (Å²) >= 11 is 0. The lowest BCUT2D eigenvalue weighted by molar-refractivity contribution is 0.391. The molecule has 11 heteroatoms. The van der Waals surface area contributed by atoms with Gasteiger partial charge in [0.15, 0.2) is 5.82 Å². The molecule has 0 unspecified atom stereocenters. The van der Waals surface area contributed by atoms with Crippen molar-refractivity contribution in [3.05, 3.63) is 78.7 Å². The highest BCUT2D eigenvalue weighted by molar-refractivity contribution is 7.93. The highest BCUT2D eigenvalue weighted by Crippen LogP contribution is 2.37. The molecule has 196 valence electrons. The Morgan fingerprint density at radius 2 is 1.70 bits per heavy atom. The predicted molar refractivity (Wildman–Crippen MR) is 145 cm³/mol. The molecule has 0 fully saturated rings. The normalized spacial score (nSPS) is 13.5. The van der Waals surface area contributed by atoms with E-state index in [1.54, 1.807) is 56.6 Å². The lowest BCUT2D eigenvalue weighted by Crippen LogP contribution is -2.31. The summed E-state index contributed by atoms with van der Waals surface area (Å²) in [5, 5.41) is 7.59. The van der Waals surface area contributed by atoms with Gasteiger partial charge >= 0.3 is 0 Å². The second kappa shape index (κ2) is 11.4. The van der Waals surface area contributed by atoms with Crippen molar-refractivity contribution in [2.75, 3.05) is 18.9 Å². The van der Waals surface area contributed by atoms with E-state index in [0.717, 1.165) is 11.1 Å². The van der Waals surface area contributed by atoms with E-state index >= 15 is 0 Å². The Hall–Kier alpha value is -3.99. The van der Waals surface area contributed by atoms with Crippen LogP contribution >= 0.6 is 0 Å². The van der Waals surface area contributed by atoms with Crippen molar-refractivity contribution in [1.82, 2.24) is 24.7 Å². The number of sulfonamides is 1. The van der Waals surface area contributed by atoms with Gasteiger partial charge in [-0.1, -0.05) is 37.8 Å². The number of nitrogens with one attached hydrogen (secondary N) is 1. The fourth-order valence-corrected chi connectivity index (χ4v) is 4.85. The molecule has 0 aliphatic carbocycles. The van der Waals surface area contributed by atoms with Crippen molar-refractivity contribution >= 4 is 21.5 Å². The molecule has 2 aromatic heterocycles. The van der Waals surface area contributed by atoms with Gasteiger partial charge in [-0.05, 0) is 44.5 Å². The molecule has 2 heterocycles. The number of allylic oxidation sites excluding steroid dienone is 4. The van der Waals surface area contributed by atoms with Gasteiger partial charge < -0.3 is 9.47 Å². The number of ether oxygens (including phenoxy) is 2. The molecule has 2 atom stereocenters. The third-order valence-electron chi connectivity index (χ3n) is 5.80. The zero-order valence-corrected chi connectivity index (χ0v) is 22.7. The standard InChI is InChI=1S/C26H32N6O4S/c1-9-20(13-16(2)3)25-29-30-26(32(25)23-21(35-7)11-10-12-22(23)36-8)31-37(33,34)19(6)18(5)24-27-14-17(4)15-28-24/h9-15,18-19H,1-2H2,3-8H3,(H,30,31)/b20-13+/t18-,19-/m0/s1. The molecule has 1 aromatic carbocycles. The van der Waals surface area contributed by atoms with Crippen LogP contribution in [0.15, 0.2) is 61.5 Å². The number of aryl methyl sites for hydroxylation is 1. The van der Waals surface area contributed by atoms with E-state index < -0.39 is 21.2 Å². The summed E-state index contributed by atoms with van der Waals surface area (Å²) in [5.41, 5.74) is 2.63. The molecule has 0 aliphatic heterocycles. The van der Waals surface area contributed by atoms with Crippen molar-refractivity contribution < 1.29 is 17.9 Å². The maximum absolute atomic E-state index is 13.5. The summed E-state index contributed by atoms with van der Waals surface area (Å²) < 4.78 is 42.4. The number of nitrogens with zero attached hydrogens (tertiary/aromatic N) is 5. The zero-order valence-electron chi connectivity index (χ0n) is 21.9. The average Bonchev–Trinajstić information content (AvgIpc) is 3.27. The summed E-state index contributed by atoms with van der Waals surface area (Å²) in [6.07, 6.45) is 6.68. The minimum Gasteiger partial charge on any atom is -0.494 e. The number of rotatable bonds is 11. The van der Waals surface area contributed by atoms with Gasteiger partial charge in [0.25, 0.3) is 0 Å². The summed E-state index contributed by atoms with van der Waals surface area (Å²) in [5.74, 6) is 1.05. The first-order valence-corrected chi connectivity index (χ1v) is 13.1. The van der Waals surface area contributed by atoms with Crippen LogP contribution in [0, 0.1) is 6.92 Å². The molecule has 0 radical (unpaired) electrons. The van der Waals surface area contributed by atoms with Gasteiger partial charge in [0, 0.05) is 23.9 Å². The van der Waals surface area contributed by atoms with Crippen LogP contribution in [0.25, 0.3) is 11.3 Å². The predicted octanol–water partition coefficient (Wildman–Crippen LogP) is 4.46. The van der Waals surface area contributed by atoms with Crippen LogP contribution in [0.1, 0.15) is 43.9 Å². The van der Waals surface area contributed by atoms with Gasteiger partial charge in [0.1, 0.15) is 23.0 Å². The maximum Gasteiger partial charge on any atom is 0.243 e. The summed E-state index contributed by atoms with van der Waals surface area (Å²) in [6.45, 7) is 14.9. The Balaban J connectivity index is 2.17. The summed E-state index contributed by atoms with van der Waals surface area (Å²) in [7, 11) is -0.961. The Labute approximate surface area is 217 Å². The van der Waals surface area contributed by atoms with Gasteiger partial charge in [0.05, 0.1) is 19.5 Å². The van der Waals surface area contributed by atoms with Crippen molar-refractivity contribution in [2.45, 2.75) is 38.9 Å². The molecule has 0 bridgehead atoms. The van der Waals surface area contributed by atoms with Crippen LogP contribution in [0.2, 0.25) is 0 Å². The van der Waals surface area contributed by atoms with Crippen LogP contribution in [0.3, 0.4) is 0 Å². The van der Waals surface area contributed by atoms with E-state index in [4.69, 9.17) is 9.47 Å². The summed E-state index contributed by atoms with van der Waals surface area (Å²) in [6, 6.07) is 5.23. The lowest BCUT2D eigenvalue weighted by Gasteiger charge is -2.21. The largest absolute Gasteiger partial charge is 0.494 e. The smallest absolute Gasteiger partial charge is 0.243 e. The number of para-hydroxylation sites is 1. The zero-order chi connectivity index (χ0) is 27.3. The number of hydrogen-bond acceptors (Lipinski definition) is 8. The maximum atomic E-state index is 13.5. The minimum atomic E-state index is -3.98. The molecule has 10 nitrogen and oxygen atoms in total. The second-order valence-electron chi connectivity index (χ2n) is 8.60. The van der Waals surface area contributed by atoms with Crippen LogP contribution in [0.5, 0.6) is 11.5 Å². The van der Waals surface area contributed by atoms with Crippen LogP contribution in [-0.2, 0) is 10.0 Å². The highest BCUT2D eigenvalue weighted by atomic mass is 32.2. The van der Waals surface area contributed by atoms with E-state index in [9.17, 15) is 8.42 Å². The number of hydrogen-bond donors (Lipinski definition) is 1. The molecule has 0 saturated carbocycles. The SMILES string of the molecule is C=C/C(=C\C(=C)C)c1nnc(NS(=O)(=O)[C@@H](C)[C@H](C)c2ncc(C)cn2)n1-c1c(OC)cccc1OC. The van der Waals surface area contributed by atoms with Crippen LogP contribution in [-0.4, -0.2) is 52.6 Å². The average molecular weight is 525 g/mol. The van der Waals surface area contributed by atoms with Gasteiger partial charge in [-0.3, -0.25) is 9.29 Å². The second-order valence-corrected chi connectivity index (χ2v) is 10.6. The Kier molecular flexibility index (Phi) is 8.49. The molecule has 0 spiro atoms. The molecular formula is C26H32N6O4S. The monoisotopic (exact) mass is 524 g/mol. The third kappa shape index (κ3) is 5.88. The van der Waals surface area contributed by atoms with Crippen molar-refractivity contribution in [3.8, 4) is 17.2 Å². The van der Waals surface area contributed by atoms with E-state index in [-0.39, 0.29) is 5.95 Å². The van der Waals surface area contributed by atoms with Crippen LogP contribution in [0.4, 0.5) is 5.95 Å². The number of anilines is 1. The Bertz CT molecular complexity index is 1410. The molecule has 37 heavy (non-hydrogen) atoms. The molecule has 3 rings (SSSR count). The Morgan fingerprint density at radius 1 is 1.11 bits per heavy atom. The van der Waals surface area contributed by atoms with Gasteiger partial charge in [0.2, 0.25) is 16.0 Å². The van der Waals surface area contributed by atoms with Gasteiger partial charge in [-0.15, -0.1) is 10.2 Å². The van der Waals surface area contributed by atoms with E-state index in [1.165, 1.54) is 18.8 Å². The van der Waals surface area contributed by atoms with Crippen molar-refractivity contribution in [3.63, 3.8) is 0 Å². The van der Waals surface area contributed by atoms with E-state index in [1.807, 2.05) is 13.8 Å². The first-order chi connectivity index (χ1) is 17.5. The van der Waals surface area contributed by atoms with Gasteiger partial charge in [-0.2, -0.15) is 0 Å². The van der Waals surface area contributed by atoms with E-state index in [0.29, 0.717) is 34.4 Å². The minimum absolute atomic E-state index is 0.0452.